The van der Waals surface area contributed by atoms with Crippen molar-refractivity contribution < 1.29 is 14.7 Å². The maximum atomic E-state index is 12.0. The lowest BCUT2D eigenvalue weighted by atomic mass is 10.2. The molecule has 2 aromatic rings. The van der Waals surface area contributed by atoms with Crippen molar-refractivity contribution in [3.8, 4) is 0 Å². The molecular weight excluding hydrogens is 246 g/mol. The molecule has 1 heterocycles. The van der Waals surface area contributed by atoms with Crippen LogP contribution in [0.1, 0.15) is 26.4 Å². The molecule has 0 radical (unpaired) electrons. The number of aromatic carboxylic acids is 1. The molecule has 0 atom stereocenters. The van der Waals surface area contributed by atoms with Crippen LogP contribution in [0.5, 0.6) is 0 Å². The number of benzene rings is 1. The summed E-state index contributed by atoms with van der Waals surface area (Å²) < 4.78 is 1.35. The third-order valence-corrected chi connectivity index (χ3v) is 2.70. The number of nitrogens with zero attached hydrogens (tertiary/aromatic N) is 2. The molecule has 0 fully saturated rings. The summed E-state index contributed by atoms with van der Waals surface area (Å²) in [7, 11) is 1.58. The minimum Gasteiger partial charge on any atom is -0.477 e. The Morgan fingerprint density at radius 3 is 2.47 bits per heavy atom. The van der Waals surface area contributed by atoms with E-state index in [1.165, 1.54) is 4.68 Å². The predicted octanol–water partition coefficient (Wildman–Crippen LogP) is 1.68. The number of rotatable bonds is 3. The van der Waals surface area contributed by atoms with Crippen molar-refractivity contribution in [2.24, 2.45) is 7.05 Å². The van der Waals surface area contributed by atoms with Gasteiger partial charge in [-0.25, -0.2) is 4.79 Å². The highest BCUT2D eigenvalue weighted by molar-refractivity contribution is 6.07. The first-order valence-corrected chi connectivity index (χ1v) is 5.64. The molecule has 1 aromatic heterocycles. The fourth-order valence-corrected chi connectivity index (χ4v) is 1.83. The fourth-order valence-electron chi connectivity index (χ4n) is 1.83. The number of aromatic nitrogens is 2. The first-order valence-electron chi connectivity index (χ1n) is 5.64. The van der Waals surface area contributed by atoms with E-state index in [-0.39, 0.29) is 17.3 Å². The number of aryl methyl sites for hydroxylation is 2. The van der Waals surface area contributed by atoms with Crippen LogP contribution in [0.15, 0.2) is 30.3 Å². The Labute approximate surface area is 109 Å². The molecule has 98 valence electrons. The molecule has 0 bridgehead atoms. The number of nitrogens with one attached hydrogen (secondary N) is 1. The first-order chi connectivity index (χ1) is 9.00. The SMILES string of the molecule is Cc1nn(C)c(NC(=O)c2ccccc2)c1C(=O)O. The standard InChI is InChI=1S/C13H13N3O3/c1-8-10(13(18)19)11(16(2)15-8)14-12(17)9-6-4-3-5-7-9/h3-7H,1-2H3,(H,14,17)(H,18,19). The van der Waals surface area contributed by atoms with E-state index < -0.39 is 5.97 Å². The Bertz CT molecular complexity index is 632. The van der Waals surface area contributed by atoms with Gasteiger partial charge < -0.3 is 10.4 Å². The van der Waals surface area contributed by atoms with Crippen molar-refractivity contribution in [1.29, 1.82) is 0 Å². The van der Waals surface area contributed by atoms with Crippen LogP contribution in [0.3, 0.4) is 0 Å². The van der Waals surface area contributed by atoms with Crippen LogP contribution in [0.4, 0.5) is 5.82 Å². The van der Waals surface area contributed by atoms with E-state index in [2.05, 4.69) is 10.4 Å². The minimum absolute atomic E-state index is 0.00628. The summed E-state index contributed by atoms with van der Waals surface area (Å²) in [4.78, 5) is 23.2. The van der Waals surface area contributed by atoms with Crippen LogP contribution >= 0.6 is 0 Å². The first kappa shape index (κ1) is 12.8. The van der Waals surface area contributed by atoms with Gasteiger partial charge in [-0.3, -0.25) is 9.48 Å². The van der Waals surface area contributed by atoms with Crippen molar-refractivity contribution in [3.05, 3.63) is 47.2 Å². The zero-order valence-corrected chi connectivity index (χ0v) is 10.5. The number of anilines is 1. The fraction of sp³-hybridized carbons (Fsp3) is 0.154. The van der Waals surface area contributed by atoms with E-state index >= 15 is 0 Å². The molecule has 0 saturated carbocycles. The van der Waals surface area contributed by atoms with E-state index in [0.717, 1.165) is 0 Å². The highest BCUT2D eigenvalue weighted by Gasteiger charge is 2.21. The van der Waals surface area contributed by atoms with E-state index in [1.807, 2.05) is 0 Å². The molecule has 6 nitrogen and oxygen atoms in total. The maximum absolute atomic E-state index is 12.0. The topological polar surface area (TPSA) is 84.2 Å². The summed E-state index contributed by atoms with van der Waals surface area (Å²) in [5.41, 5.74) is 0.822. The number of carbonyl (C=O) groups is 2. The Hall–Kier alpha value is -2.63. The van der Waals surface area contributed by atoms with Gasteiger partial charge in [-0.2, -0.15) is 5.10 Å². The van der Waals surface area contributed by atoms with Crippen LogP contribution in [0.25, 0.3) is 0 Å². The Morgan fingerprint density at radius 2 is 1.89 bits per heavy atom. The minimum atomic E-state index is -1.12. The molecule has 0 spiro atoms. The molecule has 1 aromatic carbocycles. The number of hydrogen-bond donors (Lipinski definition) is 2. The molecule has 2 rings (SSSR count). The average molecular weight is 259 g/mol. The summed E-state index contributed by atoms with van der Waals surface area (Å²) in [5.74, 6) is -1.31. The summed E-state index contributed by atoms with van der Waals surface area (Å²) in [6, 6.07) is 8.58. The van der Waals surface area contributed by atoms with Crippen LogP contribution in [-0.2, 0) is 7.05 Å². The van der Waals surface area contributed by atoms with Crippen molar-refractivity contribution in [1.82, 2.24) is 9.78 Å². The van der Waals surface area contributed by atoms with Gasteiger partial charge in [-0.05, 0) is 19.1 Å². The van der Waals surface area contributed by atoms with Crippen LogP contribution in [-0.4, -0.2) is 26.8 Å². The number of amides is 1. The largest absolute Gasteiger partial charge is 0.477 e. The van der Waals surface area contributed by atoms with Crippen molar-refractivity contribution >= 4 is 17.7 Å². The number of carboxylic acids is 1. The van der Waals surface area contributed by atoms with E-state index in [4.69, 9.17) is 5.11 Å². The summed E-state index contributed by atoms with van der Waals surface area (Å²) in [6.45, 7) is 1.58. The van der Waals surface area contributed by atoms with Gasteiger partial charge in [-0.1, -0.05) is 18.2 Å². The molecule has 0 saturated heterocycles. The summed E-state index contributed by atoms with van der Waals surface area (Å²) in [6.07, 6.45) is 0. The van der Waals surface area contributed by atoms with Crippen molar-refractivity contribution in [2.75, 3.05) is 5.32 Å². The molecule has 0 aliphatic rings. The van der Waals surface area contributed by atoms with Crippen LogP contribution < -0.4 is 5.32 Å². The van der Waals surface area contributed by atoms with E-state index in [0.29, 0.717) is 11.3 Å². The quantitative estimate of drug-likeness (QED) is 0.878. The van der Waals surface area contributed by atoms with Crippen molar-refractivity contribution in [2.45, 2.75) is 6.92 Å². The predicted molar refractivity (Wildman–Crippen MR) is 69.3 cm³/mol. The normalized spacial score (nSPS) is 10.2. The van der Waals surface area contributed by atoms with Gasteiger partial charge in [0.25, 0.3) is 5.91 Å². The Balaban J connectivity index is 2.34. The highest BCUT2D eigenvalue weighted by Crippen LogP contribution is 2.19. The molecule has 0 aliphatic heterocycles. The zero-order valence-electron chi connectivity index (χ0n) is 10.5. The molecule has 0 aliphatic carbocycles. The van der Waals surface area contributed by atoms with Gasteiger partial charge in [0, 0.05) is 12.6 Å². The zero-order chi connectivity index (χ0) is 14.0. The van der Waals surface area contributed by atoms with Gasteiger partial charge in [-0.15, -0.1) is 0 Å². The average Bonchev–Trinajstić information content (AvgIpc) is 2.65. The third-order valence-electron chi connectivity index (χ3n) is 2.70. The third kappa shape index (κ3) is 2.47. The Morgan fingerprint density at radius 1 is 1.26 bits per heavy atom. The number of carboxylic acid groups (broad SMARTS) is 1. The van der Waals surface area contributed by atoms with Gasteiger partial charge >= 0.3 is 5.97 Å². The lowest BCUT2D eigenvalue weighted by Crippen LogP contribution is -2.16. The number of carbonyl (C=O) groups excluding carboxylic acids is 1. The second-order valence-corrected chi connectivity index (χ2v) is 4.06. The molecule has 1 amide bonds. The van der Waals surface area contributed by atoms with Crippen LogP contribution in [0, 0.1) is 6.92 Å². The monoisotopic (exact) mass is 259 g/mol. The smallest absolute Gasteiger partial charge is 0.341 e. The van der Waals surface area contributed by atoms with Gasteiger partial charge in [0.05, 0.1) is 5.69 Å². The van der Waals surface area contributed by atoms with Gasteiger partial charge in [0.15, 0.2) is 0 Å². The number of hydrogen-bond acceptors (Lipinski definition) is 3. The van der Waals surface area contributed by atoms with Gasteiger partial charge in [0.1, 0.15) is 11.4 Å². The Kier molecular flexibility index (Phi) is 3.33. The van der Waals surface area contributed by atoms with E-state index in [9.17, 15) is 9.59 Å². The second kappa shape index (κ2) is 4.93. The van der Waals surface area contributed by atoms with Gasteiger partial charge in [0.2, 0.25) is 0 Å². The molecular formula is C13H13N3O3. The molecule has 0 unspecified atom stereocenters. The molecule has 2 N–H and O–H groups in total. The second-order valence-electron chi connectivity index (χ2n) is 4.06. The summed E-state index contributed by atoms with van der Waals surface area (Å²) >= 11 is 0. The summed E-state index contributed by atoms with van der Waals surface area (Å²) in [5, 5.41) is 15.7. The lowest BCUT2D eigenvalue weighted by Gasteiger charge is -2.06. The lowest BCUT2D eigenvalue weighted by molar-refractivity contribution is 0.0697. The molecule has 6 heteroatoms. The van der Waals surface area contributed by atoms with Crippen LogP contribution in [0.2, 0.25) is 0 Å². The maximum Gasteiger partial charge on any atom is 0.341 e. The van der Waals surface area contributed by atoms with E-state index in [1.54, 1.807) is 44.3 Å². The molecule has 19 heavy (non-hydrogen) atoms. The van der Waals surface area contributed by atoms with Crippen molar-refractivity contribution in [3.63, 3.8) is 0 Å². The highest BCUT2D eigenvalue weighted by atomic mass is 16.4.